The Balaban J connectivity index is 2.12. The number of aromatic amines is 1. The SMILES string of the molecule is COc1cccc(NC(=O)c2cc(Cl)c[nH]2)c1. The zero-order chi connectivity index (χ0) is 12.3. The maximum atomic E-state index is 11.8. The van der Waals surface area contributed by atoms with Gasteiger partial charge in [0.1, 0.15) is 11.4 Å². The van der Waals surface area contributed by atoms with E-state index in [4.69, 9.17) is 16.3 Å². The third-order valence-corrected chi connectivity index (χ3v) is 2.44. The van der Waals surface area contributed by atoms with Crippen molar-refractivity contribution < 1.29 is 9.53 Å². The molecular weight excluding hydrogens is 240 g/mol. The monoisotopic (exact) mass is 250 g/mol. The van der Waals surface area contributed by atoms with Gasteiger partial charge in [0.25, 0.3) is 5.91 Å². The predicted octanol–water partition coefficient (Wildman–Crippen LogP) is 2.93. The summed E-state index contributed by atoms with van der Waals surface area (Å²) in [5.41, 5.74) is 1.08. The number of benzene rings is 1. The van der Waals surface area contributed by atoms with Gasteiger partial charge in [-0.05, 0) is 18.2 Å². The molecule has 0 fully saturated rings. The summed E-state index contributed by atoms with van der Waals surface area (Å²) in [6, 6.07) is 8.70. The first-order valence-electron chi connectivity index (χ1n) is 4.98. The van der Waals surface area contributed by atoms with Crippen LogP contribution >= 0.6 is 11.6 Å². The fourth-order valence-corrected chi connectivity index (χ4v) is 1.56. The Hall–Kier alpha value is -1.94. The molecule has 0 aliphatic heterocycles. The fraction of sp³-hybridized carbons (Fsp3) is 0.0833. The lowest BCUT2D eigenvalue weighted by Crippen LogP contribution is -2.12. The number of rotatable bonds is 3. The zero-order valence-corrected chi connectivity index (χ0v) is 9.91. The average Bonchev–Trinajstić information content (AvgIpc) is 2.76. The zero-order valence-electron chi connectivity index (χ0n) is 9.16. The smallest absolute Gasteiger partial charge is 0.272 e. The molecule has 2 N–H and O–H groups in total. The van der Waals surface area contributed by atoms with Crippen LogP contribution in [0.5, 0.6) is 5.75 Å². The number of aromatic nitrogens is 1. The predicted molar refractivity (Wildman–Crippen MR) is 66.7 cm³/mol. The van der Waals surface area contributed by atoms with Crippen molar-refractivity contribution in [1.82, 2.24) is 4.98 Å². The van der Waals surface area contributed by atoms with E-state index in [1.54, 1.807) is 43.6 Å². The fourth-order valence-electron chi connectivity index (χ4n) is 1.40. The highest BCUT2D eigenvalue weighted by atomic mass is 35.5. The number of ether oxygens (including phenoxy) is 1. The van der Waals surface area contributed by atoms with Gasteiger partial charge < -0.3 is 15.0 Å². The van der Waals surface area contributed by atoms with Crippen LogP contribution in [0.15, 0.2) is 36.5 Å². The molecule has 0 spiro atoms. The Morgan fingerprint density at radius 3 is 2.88 bits per heavy atom. The van der Waals surface area contributed by atoms with Crippen LogP contribution in [0.2, 0.25) is 5.02 Å². The molecule has 0 aliphatic carbocycles. The third-order valence-electron chi connectivity index (χ3n) is 2.22. The van der Waals surface area contributed by atoms with E-state index in [1.807, 2.05) is 0 Å². The number of methoxy groups -OCH3 is 1. The van der Waals surface area contributed by atoms with E-state index >= 15 is 0 Å². The van der Waals surface area contributed by atoms with Gasteiger partial charge >= 0.3 is 0 Å². The van der Waals surface area contributed by atoms with Crippen molar-refractivity contribution in [3.8, 4) is 5.75 Å². The van der Waals surface area contributed by atoms with Crippen molar-refractivity contribution in [2.45, 2.75) is 0 Å². The lowest BCUT2D eigenvalue weighted by Gasteiger charge is -2.05. The number of hydrogen-bond acceptors (Lipinski definition) is 2. The molecular formula is C12H11ClN2O2. The minimum atomic E-state index is -0.245. The van der Waals surface area contributed by atoms with E-state index in [1.165, 1.54) is 0 Å². The van der Waals surface area contributed by atoms with Crippen LogP contribution in [0.4, 0.5) is 5.69 Å². The second-order valence-electron chi connectivity index (χ2n) is 3.42. The Labute approximate surface area is 104 Å². The Morgan fingerprint density at radius 2 is 2.24 bits per heavy atom. The number of anilines is 1. The van der Waals surface area contributed by atoms with Crippen molar-refractivity contribution in [2.24, 2.45) is 0 Å². The molecule has 0 radical (unpaired) electrons. The number of nitrogens with one attached hydrogen (secondary N) is 2. The van der Waals surface area contributed by atoms with E-state index in [0.717, 1.165) is 0 Å². The summed E-state index contributed by atoms with van der Waals surface area (Å²) in [6.07, 6.45) is 1.56. The van der Waals surface area contributed by atoms with Gasteiger partial charge in [-0.2, -0.15) is 0 Å². The molecule has 2 aromatic rings. The van der Waals surface area contributed by atoms with Crippen LogP contribution in [-0.4, -0.2) is 18.0 Å². The molecule has 1 heterocycles. The van der Waals surface area contributed by atoms with Crippen molar-refractivity contribution in [3.05, 3.63) is 47.2 Å². The second kappa shape index (κ2) is 4.93. The van der Waals surface area contributed by atoms with Gasteiger partial charge in [-0.1, -0.05) is 17.7 Å². The summed E-state index contributed by atoms with van der Waals surface area (Å²) in [4.78, 5) is 14.6. The van der Waals surface area contributed by atoms with Crippen molar-refractivity contribution in [2.75, 3.05) is 12.4 Å². The summed E-state index contributed by atoms with van der Waals surface area (Å²) in [6.45, 7) is 0. The minimum absolute atomic E-state index is 0.245. The lowest BCUT2D eigenvalue weighted by molar-refractivity contribution is 0.102. The first kappa shape index (κ1) is 11.5. The highest BCUT2D eigenvalue weighted by molar-refractivity contribution is 6.31. The van der Waals surface area contributed by atoms with Crippen LogP contribution in [-0.2, 0) is 0 Å². The van der Waals surface area contributed by atoms with Crippen molar-refractivity contribution in [3.63, 3.8) is 0 Å². The molecule has 0 atom stereocenters. The largest absolute Gasteiger partial charge is 0.497 e. The van der Waals surface area contributed by atoms with Gasteiger partial charge in [0, 0.05) is 18.0 Å². The first-order chi connectivity index (χ1) is 8.19. The molecule has 0 aliphatic rings. The van der Waals surface area contributed by atoms with Crippen molar-refractivity contribution in [1.29, 1.82) is 0 Å². The Morgan fingerprint density at radius 1 is 1.41 bits per heavy atom. The van der Waals surface area contributed by atoms with E-state index in [2.05, 4.69) is 10.3 Å². The van der Waals surface area contributed by atoms with Crippen LogP contribution in [0.25, 0.3) is 0 Å². The number of carbonyl (C=O) groups excluding carboxylic acids is 1. The molecule has 5 heteroatoms. The van der Waals surface area contributed by atoms with E-state index in [9.17, 15) is 4.79 Å². The van der Waals surface area contributed by atoms with Gasteiger partial charge in [-0.3, -0.25) is 4.79 Å². The molecule has 1 amide bonds. The molecule has 2 rings (SSSR count). The normalized spacial score (nSPS) is 10.0. The first-order valence-corrected chi connectivity index (χ1v) is 5.36. The summed E-state index contributed by atoms with van der Waals surface area (Å²) < 4.78 is 5.07. The summed E-state index contributed by atoms with van der Waals surface area (Å²) in [5.74, 6) is 0.442. The van der Waals surface area contributed by atoms with E-state index < -0.39 is 0 Å². The Bertz CT molecular complexity index is 537. The standard InChI is InChI=1S/C12H11ClN2O2/c1-17-10-4-2-3-9(6-10)15-12(16)11-5-8(13)7-14-11/h2-7,14H,1H3,(H,15,16). The van der Waals surface area contributed by atoms with Crippen LogP contribution in [0.1, 0.15) is 10.5 Å². The summed E-state index contributed by atoms with van der Waals surface area (Å²) in [7, 11) is 1.58. The molecule has 1 aromatic carbocycles. The third kappa shape index (κ3) is 2.79. The lowest BCUT2D eigenvalue weighted by atomic mass is 10.3. The highest BCUT2D eigenvalue weighted by Gasteiger charge is 2.08. The molecule has 4 nitrogen and oxygen atoms in total. The topological polar surface area (TPSA) is 54.1 Å². The quantitative estimate of drug-likeness (QED) is 0.880. The van der Waals surface area contributed by atoms with Gasteiger partial charge in [-0.15, -0.1) is 0 Å². The molecule has 1 aromatic heterocycles. The number of hydrogen-bond donors (Lipinski definition) is 2. The molecule has 0 saturated carbocycles. The molecule has 0 unspecified atom stereocenters. The second-order valence-corrected chi connectivity index (χ2v) is 3.85. The van der Waals surface area contributed by atoms with Crippen LogP contribution < -0.4 is 10.1 Å². The number of H-pyrrole nitrogens is 1. The maximum Gasteiger partial charge on any atom is 0.272 e. The van der Waals surface area contributed by atoms with Gasteiger partial charge in [-0.25, -0.2) is 0 Å². The molecule has 0 saturated heterocycles. The minimum Gasteiger partial charge on any atom is -0.497 e. The van der Waals surface area contributed by atoms with Gasteiger partial charge in [0.05, 0.1) is 12.1 Å². The average molecular weight is 251 g/mol. The summed E-state index contributed by atoms with van der Waals surface area (Å²) >= 11 is 5.72. The van der Waals surface area contributed by atoms with Gasteiger partial charge in [0.2, 0.25) is 0 Å². The maximum absolute atomic E-state index is 11.8. The summed E-state index contributed by atoms with van der Waals surface area (Å²) in [5, 5.41) is 3.24. The molecule has 0 bridgehead atoms. The number of halogens is 1. The number of carbonyl (C=O) groups is 1. The number of amides is 1. The van der Waals surface area contributed by atoms with E-state index in [-0.39, 0.29) is 5.91 Å². The highest BCUT2D eigenvalue weighted by Crippen LogP contribution is 2.18. The molecule has 88 valence electrons. The van der Waals surface area contributed by atoms with Crippen molar-refractivity contribution >= 4 is 23.2 Å². The molecule has 17 heavy (non-hydrogen) atoms. The van der Waals surface area contributed by atoms with Crippen LogP contribution in [0, 0.1) is 0 Å². The Kier molecular flexibility index (Phi) is 3.35. The van der Waals surface area contributed by atoms with Gasteiger partial charge in [0.15, 0.2) is 0 Å². The van der Waals surface area contributed by atoms with Crippen LogP contribution in [0.3, 0.4) is 0 Å². The van der Waals surface area contributed by atoms with E-state index in [0.29, 0.717) is 22.2 Å².